The Balaban J connectivity index is 1.73. The van der Waals surface area contributed by atoms with Crippen LogP contribution in [0.5, 0.6) is 0 Å². The van der Waals surface area contributed by atoms with Gasteiger partial charge >= 0.3 is 0 Å². The molecular formula is C18H25N3O3. The lowest BCUT2D eigenvalue weighted by atomic mass is 9.99. The Morgan fingerprint density at radius 3 is 2.62 bits per heavy atom. The van der Waals surface area contributed by atoms with Crippen LogP contribution in [0.25, 0.3) is 0 Å². The number of hydrogen-bond acceptors (Lipinski definition) is 4. The van der Waals surface area contributed by atoms with Gasteiger partial charge in [0, 0.05) is 43.3 Å². The quantitative estimate of drug-likeness (QED) is 0.897. The number of amides is 2. The van der Waals surface area contributed by atoms with Crippen LogP contribution in [-0.2, 0) is 4.74 Å². The van der Waals surface area contributed by atoms with Crippen LogP contribution < -0.4 is 5.73 Å². The molecule has 1 atom stereocenters. The van der Waals surface area contributed by atoms with Gasteiger partial charge in [-0.05, 0) is 37.5 Å². The minimum absolute atomic E-state index is 0.00365. The van der Waals surface area contributed by atoms with Crippen LogP contribution in [-0.4, -0.2) is 67.0 Å². The zero-order valence-corrected chi connectivity index (χ0v) is 13.9. The molecule has 0 radical (unpaired) electrons. The third kappa shape index (κ3) is 3.94. The van der Waals surface area contributed by atoms with E-state index < -0.39 is 5.91 Å². The number of rotatable bonds is 4. The molecule has 2 fully saturated rings. The smallest absolute Gasteiger partial charge is 0.254 e. The third-order valence-electron chi connectivity index (χ3n) is 4.85. The average molecular weight is 331 g/mol. The van der Waals surface area contributed by atoms with Gasteiger partial charge in [0.25, 0.3) is 5.91 Å². The van der Waals surface area contributed by atoms with Gasteiger partial charge in [0.05, 0.1) is 13.2 Å². The number of nitrogens with zero attached hydrogens (tertiary/aromatic N) is 2. The molecule has 0 bridgehead atoms. The lowest BCUT2D eigenvalue weighted by molar-refractivity contribution is 0.0166. The van der Waals surface area contributed by atoms with Crippen molar-refractivity contribution in [2.24, 2.45) is 5.73 Å². The van der Waals surface area contributed by atoms with Crippen molar-refractivity contribution in [3.63, 3.8) is 0 Å². The highest BCUT2D eigenvalue weighted by Crippen LogP contribution is 2.21. The zero-order chi connectivity index (χ0) is 16.9. The molecule has 6 nitrogen and oxygen atoms in total. The van der Waals surface area contributed by atoms with Crippen molar-refractivity contribution in [1.82, 2.24) is 9.80 Å². The van der Waals surface area contributed by atoms with Crippen molar-refractivity contribution in [2.75, 3.05) is 39.4 Å². The second-order valence-corrected chi connectivity index (χ2v) is 6.51. The first kappa shape index (κ1) is 16.9. The number of piperidine rings is 1. The van der Waals surface area contributed by atoms with Crippen molar-refractivity contribution in [3.8, 4) is 0 Å². The van der Waals surface area contributed by atoms with E-state index in [4.69, 9.17) is 10.5 Å². The molecule has 0 saturated carbocycles. The summed E-state index contributed by atoms with van der Waals surface area (Å²) in [7, 11) is 0. The van der Waals surface area contributed by atoms with E-state index in [2.05, 4.69) is 4.90 Å². The molecule has 1 aromatic rings. The van der Waals surface area contributed by atoms with Crippen molar-refractivity contribution in [1.29, 1.82) is 0 Å². The maximum absolute atomic E-state index is 13.0. The van der Waals surface area contributed by atoms with E-state index in [0.29, 0.717) is 11.1 Å². The molecule has 2 aliphatic heterocycles. The van der Waals surface area contributed by atoms with Crippen LogP contribution in [0, 0.1) is 0 Å². The van der Waals surface area contributed by atoms with Gasteiger partial charge in [-0.3, -0.25) is 14.5 Å². The van der Waals surface area contributed by atoms with E-state index in [1.807, 2.05) is 4.90 Å². The lowest BCUT2D eigenvalue weighted by Crippen LogP contribution is -2.51. The molecular weight excluding hydrogens is 306 g/mol. The maximum Gasteiger partial charge on any atom is 0.254 e. The van der Waals surface area contributed by atoms with Gasteiger partial charge < -0.3 is 15.4 Å². The number of carbonyl (C=O) groups excluding carboxylic acids is 2. The van der Waals surface area contributed by atoms with Gasteiger partial charge in [-0.25, -0.2) is 0 Å². The number of carbonyl (C=O) groups is 2. The molecule has 2 N–H and O–H groups in total. The normalized spacial score (nSPS) is 22.3. The number of primary amides is 1. The average Bonchev–Trinajstić information content (AvgIpc) is 2.62. The minimum atomic E-state index is -0.506. The van der Waals surface area contributed by atoms with Gasteiger partial charge in [0.1, 0.15) is 0 Å². The summed E-state index contributed by atoms with van der Waals surface area (Å²) in [5, 5.41) is 0. The van der Waals surface area contributed by atoms with E-state index >= 15 is 0 Å². The monoisotopic (exact) mass is 331 g/mol. The first-order chi connectivity index (χ1) is 11.6. The molecule has 2 saturated heterocycles. The van der Waals surface area contributed by atoms with E-state index in [0.717, 1.165) is 58.7 Å². The Labute approximate surface area is 142 Å². The molecule has 3 rings (SSSR count). The Hall–Kier alpha value is -1.92. The van der Waals surface area contributed by atoms with Crippen molar-refractivity contribution in [3.05, 3.63) is 35.4 Å². The maximum atomic E-state index is 13.0. The van der Waals surface area contributed by atoms with Crippen LogP contribution in [0.15, 0.2) is 24.3 Å². The molecule has 0 aliphatic carbocycles. The van der Waals surface area contributed by atoms with E-state index in [-0.39, 0.29) is 11.9 Å². The fourth-order valence-electron chi connectivity index (χ4n) is 3.51. The number of hydrogen-bond donors (Lipinski definition) is 1. The Kier molecular flexibility index (Phi) is 5.48. The van der Waals surface area contributed by atoms with Crippen LogP contribution in [0.2, 0.25) is 0 Å². The second-order valence-electron chi connectivity index (χ2n) is 6.51. The van der Waals surface area contributed by atoms with Gasteiger partial charge in [0.2, 0.25) is 5.91 Å². The summed E-state index contributed by atoms with van der Waals surface area (Å²) in [5.41, 5.74) is 6.25. The summed E-state index contributed by atoms with van der Waals surface area (Å²) in [6.45, 7) is 5.05. The van der Waals surface area contributed by atoms with Gasteiger partial charge in [-0.1, -0.05) is 6.07 Å². The Morgan fingerprint density at radius 1 is 1.12 bits per heavy atom. The van der Waals surface area contributed by atoms with Crippen molar-refractivity contribution < 1.29 is 14.3 Å². The second kappa shape index (κ2) is 7.77. The molecule has 6 heteroatoms. The Morgan fingerprint density at radius 2 is 1.88 bits per heavy atom. The van der Waals surface area contributed by atoms with Crippen molar-refractivity contribution in [2.45, 2.75) is 25.3 Å². The van der Waals surface area contributed by atoms with E-state index in [1.165, 1.54) is 0 Å². The number of likely N-dealkylation sites (tertiary alicyclic amines) is 1. The molecule has 24 heavy (non-hydrogen) atoms. The third-order valence-corrected chi connectivity index (χ3v) is 4.85. The summed E-state index contributed by atoms with van der Waals surface area (Å²) in [5.74, 6) is -0.510. The summed E-state index contributed by atoms with van der Waals surface area (Å²) in [6.07, 6.45) is 3.21. The fraction of sp³-hybridized carbons (Fsp3) is 0.556. The molecule has 1 aromatic carbocycles. The van der Waals surface area contributed by atoms with Crippen molar-refractivity contribution >= 4 is 11.8 Å². The zero-order valence-electron chi connectivity index (χ0n) is 13.9. The Bertz CT molecular complexity index is 599. The SMILES string of the molecule is NC(=O)c1cccc(C(=O)N2CCCC[C@H]2CN2CCOCC2)c1. The highest BCUT2D eigenvalue weighted by Gasteiger charge is 2.29. The largest absolute Gasteiger partial charge is 0.379 e. The van der Waals surface area contributed by atoms with E-state index in [1.54, 1.807) is 24.3 Å². The van der Waals surface area contributed by atoms with Crippen LogP contribution >= 0.6 is 0 Å². The molecule has 0 aromatic heterocycles. The molecule has 0 spiro atoms. The molecule has 2 aliphatic rings. The highest BCUT2D eigenvalue weighted by atomic mass is 16.5. The summed E-state index contributed by atoms with van der Waals surface area (Å²) < 4.78 is 5.40. The highest BCUT2D eigenvalue weighted by molar-refractivity contribution is 5.99. The predicted octanol–water partition coefficient (Wildman–Crippen LogP) is 1.11. The predicted molar refractivity (Wildman–Crippen MR) is 90.9 cm³/mol. The minimum Gasteiger partial charge on any atom is -0.379 e. The number of benzene rings is 1. The summed E-state index contributed by atoms with van der Waals surface area (Å²) in [4.78, 5) is 28.7. The lowest BCUT2D eigenvalue weighted by Gasteiger charge is -2.39. The molecule has 2 heterocycles. The van der Waals surface area contributed by atoms with Gasteiger partial charge in [-0.2, -0.15) is 0 Å². The van der Waals surface area contributed by atoms with E-state index in [9.17, 15) is 9.59 Å². The first-order valence-electron chi connectivity index (χ1n) is 8.66. The number of nitrogens with two attached hydrogens (primary N) is 1. The number of ether oxygens (including phenoxy) is 1. The van der Waals surface area contributed by atoms with Crippen LogP contribution in [0.1, 0.15) is 40.0 Å². The van der Waals surface area contributed by atoms with Crippen LogP contribution in [0.3, 0.4) is 0 Å². The molecule has 130 valence electrons. The standard InChI is InChI=1S/C18H25N3O3/c19-17(22)14-4-3-5-15(12-14)18(23)21-7-2-1-6-16(21)13-20-8-10-24-11-9-20/h3-5,12,16H,1-2,6-11,13H2,(H2,19,22)/t16-/m0/s1. The summed E-state index contributed by atoms with van der Waals surface area (Å²) >= 11 is 0. The van der Waals surface area contributed by atoms with Gasteiger partial charge in [0.15, 0.2) is 0 Å². The van der Waals surface area contributed by atoms with Crippen LogP contribution in [0.4, 0.5) is 0 Å². The first-order valence-corrected chi connectivity index (χ1v) is 8.66. The summed E-state index contributed by atoms with van der Waals surface area (Å²) in [6, 6.07) is 6.94. The topological polar surface area (TPSA) is 75.9 Å². The van der Waals surface area contributed by atoms with Gasteiger partial charge in [-0.15, -0.1) is 0 Å². The number of morpholine rings is 1. The fourth-order valence-corrected chi connectivity index (χ4v) is 3.51. The molecule has 0 unspecified atom stereocenters. The molecule has 2 amide bonds.